The van der Waals surface area contributed by atoms with Gasteiger partial charge in [-0.3, -0.25) is 9.48 Å². The lowest BCUT2D eigenvalue weighted by Crippen LogP contribution is -2.07. The number of rotatable bonds is 4. The van der Waals surface area contributed by atoms with Crippen molar-refractivity contribution in [3.05, 3.63) is 17.5 Å². The average molecular weight is 192 g/mol. The Labute approximate surface area is 84.1 Å². The summed E-state index contributed by atoms with van der Waals surface area (Å²) in [4.78, 5) is 11.6. The van der Waals surface area contributed by atoms with Crippen molar-refractivity contribution in [2.45, 2.75) is 32.6 Å². The number of Topliss-reactive ketones (excluding diaryl/α,β-unsaturated/α-hetero) is 1. The highest BCUT2D eigenvalue weighted by Gasteiger charge is 2.24. The van der Waals surface area contributed by atoms with Gasteiger partial charge in [0.05, 0.1) is 5.69 Å². The summed E-state index contributed by atoms with van der Waals surface area (Å²) in [6.45, 7) is 1.95. The summed E-state index contributed by atoms with van der Waals surface area (Å²) in [6.07, 6.45) is 3.81. The summed E-state index contributed by atoms with van der Waals surface area (Å²) in [5.41, 5.74) is 2.02. The van der Waals surface area contributed by atoms with Crippen LogP contribution in [-0.4, -0.2) is 15.6 Å². The Morgan fingerprint density at radius 3 is 2.86 bits per heavy atom. The van der Waals surface area contributed by atoms with E-state index in [0.29, 0.717) is 18.1 Å². The Kier molecular flexibility index (Phi) is 2.40. The number of hydrogen-bond acceptors (Lipinski definition) is 2. The van der Waals surface area contributed by atoms with Gasteiger partial charge < -0.3 is 0 Å². The minimum absolute atomic E-state index is 0.357. The molecule has 0 N–H and O–H groups in total. The van der Waals surface area contributed by atoms with Gasteiger partial charge in [0.25, 0.3) is 0 Å². The largest absolute Gasteiger partial charge is 0.299 e. The van der Waals surface area contributed by atoms with Crippen LogP contribution in [0.3, 0.4) is 0 Å². The summed E-state index contributed by atoms with van der Waals surface area (Å²) >= 11 is 0. The van der Waals surface area contributed by atoms with Crippen molar-refractivity contribution in [3.63, 3.8) is 0 Å². The fraction of sp³-hybridized carbons (Fsp3) is 0.636. The van der Waals surface area contributed by atoms with Gasteiger partial charge >= 0.3 is 0 Å². The molecule has 0 radical (unpaired) electrons. The topological polar surface area (TPSA) is 34.9 Å². The van der Waals surface area contributed by atoms with E-state index in [2.05, 4.69) is 5.10 Å². The molecular formula is C11H16N2O. The molecule has 1 saturated carbocycles. The number of carbonyl (C=O) groups is 1. The first kappa shape index (κ1) is 9.44. The molecule has 76 valence electrons. The summed E-state index contributed by atoms with van der Waals surface area (Å²) in [7, 11) is 1.90. The van der Waals surface area contributed by atoms with Gasteiger partial charge in [-0.05, 0) is 31.7 Å². The van der Waals surface area contributed by atoms with Gasteiger partial charge in [-0.1, -0.05) is 0 Å². The summed E-state index contributed by atoms with van der Waals surface area (Å²) in [5, 5.41) is 4.22. The Hall–Kier alpha value is -1.12. The number of ketones is 1. The predicted octanol–water partition coefficient (Wildman–Crippen LogP) is 1.64. The molecule has 1 aromatic heterocycles. The summed E-state index contributed by atoms with van der Waals surface area (Å²) in [6, 6.07) is 1.99. The van der Waals surface area contributed by atoms with Crippen LogP contribution in [0.2, 0.25) is 0 Å². The zero-order valence-electron chi connectivity index (χ0n) is 8.79. The Morgan fingerprint density at radius 1 is 1.64 bits per heavy atom. The summed E-state index contributed by atoms with van der Waals surface area (Å²) in [5.74, 6) is 1.05. The third-order valence-corrected chi connectivity index (χ3v) is 2.69. The van der Waals surface area contributed by atoms with Crippen LogP contribution in [0.4, 0.5) is 0 Å². The monoisotopic (exact) mass is 192 g/mol. The van der Waals surface area contributed by atoms with Gasteiger partial charge in [0.2, 0.25) is 0 Å². The quantitative estimate of drug-likeness (QED) is 0.727. The van der Waals surface area contributed by atoms with Gasteiger partial charge in [0.1, 0.15) is 5.78 Å². The molecule has 0 bridgehead atoms. The van der Waals surface area contributed by atoms with E-state index in [0.717, 1.165) is 17.8 Å². The molecule has 1 aromatic rings. The number of aryl methyl sites for hydroxylation is 2. The lowest BCUT2D eigenvalue weighted by atomic mass is 10.1. The van der Waals surface area contributed by atoms with E-state index in [-0.39, 0.29) is 0 Å². The van der Waals surface area contributed by atoms with Crippen molar-refractivity contribution < 1.29 is 4.79 Å². The maximum atomic E-state index is 11.6. The number of nitrogens with zero attached hydrogens (tertiary/aromatic N) is 2. The van der Waals surface area contributed by atoms with Crippen LogP contribution in [0.1, 0.15) is 30.7 Å². The second kappa shape index (κ2) is 3.56. The van der Waals surface area contributed by atoms with Crippen molar-refractivity contribution in [3.8, 4) is 0 Å². The van der Waals surface area contributed by atoms with Crippen molar-refractivity contribution >= 4 is 5.78 Å². The molecule has 0 aliphatic heterocycles. The van der Waals surface area contributed by atoms with Crippen molar-refractivity contribution in [2.75, 3.05) is 0 Å². The average Bonchev–Trinajstić information content (AvgIpc) is 2.81. The maximum absolute atomic E-state index is 11.6. The van der Waals surface area contributed by atoms with Crippen molar-refractivity contribution in [1.82, 2.24) is 9.78 Å². The van der Waals surface area contributed by atoms with Gasteiger partial charge in [-0.2, -0.15) is 5.10 Å². The van der Waals surface area contributed by atoms with Crippen LogP contribution in [0.15, 0.2) is 6.07 Å². The molecule has 0 saturated heterocycles. The highest BCUT2D eigenvalue weighted by molar-refractivity contribution is 5.81. The smallest absolute Gasteiger partial charge is 0.139 e. The zero-order valence-corrected chi connectivity index (χ0v) is 8.79. The highest BCUT2D eigenvalue weighted by Crippen LogP contribution is 2.32. The molecule has 3 nitrogen and oxygen atoms in total. The second-order valence-electron chi connectivity index (χ2n) is 4.26. The van der Waals surface area contributed by atoms with Gasteiger partial charge in [-0.15, -0.1) is 0 Å². The molecule has 2 rings (SSSR count). The lowest BCUT2D eigenvalue weighted by Gasteiger charge is -2.00. The number of aromatic nitrogens is 2. The van der Waals surface area contributed by atoms with Gasteiger partial charge in [-0.25, -0.2) is 0 Å². The van der Waals surface area contributed by atoms with Crippen LogP contribution in [0.5, 0.6) is 0 Å². The molecule has 0 amide bonds. The molecular weight excluding hydrogens is 176 g/mol. The van der Waals surface area contributed by atoms with Crippen molar-refractivity contribution in [1.29, 1.82) is 0 Å². The van der Waals surface area contributed by atoms with Crippen molar-refractivity contribution in [2.24, 2.45) is 13.0 Å². The van der Waals surface area contributed by atoms with Crippen LogP contribution < -0.4 is 0 Å². The first-order valence-electron chi connectivity index (χ1n) is 5.16. The van der Waals surface area contributed by atoms with Crippen LogP contribution in [-0.2, 0) is 18.3 Å². The van der Waals surface area contributed by atoms with E-state index in [4.69, 9.17) is 0 Å². The molecule has 0 atom stereocenters. The SMILES string of the molecule is Cc1cc(CC(=O)CC2CC2)n(C)n1. The normalized spacial score (nSPS) is 15.9. The zero-order chi connectivity index (χ0) is 10.1. The molecule has 1 aliphatic rings. The maximum Gasteiger partial charge on any atom is 0.139 e. The van der Waals surface area contributed by atoms with Crippen LogP contribution >= 0.6 is 0 Å². The van der Waals surface area contributed by atoms with E-state index in [1.807, 2.05) is 20.0 Å². The molecule has 14 heavy (non-hydrogen) atoms. The summed E-state index contributed by atoms with van der Waals surface area (Å²) < 4.78 is 1.81. The first-order valence-corrected chi connectivity index (χ1v) is 5.16. The first-order chi connectivity index (χ1) is 6.65. The molecule has 0 unspecified atom stereocenters. The van der Waals surface area contributed by atoms with E-state index in [1.54, 1.807) is 4.68 Å². The third-order valence-electron chi connectivity index (χ3n) is 2.69. The Morgan fingerprint density at radius 2 is 2.36 bits per heavy atom. The van der Waals surface area contributed by atoms with E-state index in [9.17, 15) is 4.79 Å². The third kappa shape index (κ3) is 2.22. The molecule has 3 heteroatoms. The second-order valence-corrected chi connectivity index (χ2v) is 4.26. The lowest BCUT2D eigenvalue weighted by molar-refractivity contribution is -0.118. The van der Waals surface area contributed by atoms with E-state index < -0.39 is 0 Å². The standard InChI is InChI=1S/C11H16N2O/c1-8-5-10(13(2)12-8)7-11(14)6-9-3-4-9/h5,9H,3-4,6-7H2,1-2H3. The fourth-order valence-electron chi connectivity index (χ4n) is 1.75. The minimum Gasteiger partial charge on any atom is -0.299 e. The Balaban J connectivity index is 1.95. The van der Waals surface area contributed by atoms with E-state index >= 15 is 0 Å². The Bertz CT molecular complexity index is 350. The van der Waals surface area contributed by atoms with Crippen LogP contribution in [0.25, 0.3) is 0 Å². The minimum atomic E-state index is 0.357. The van der Waals surface area contributed by atoms with Crippen LogP contribution in [0, 0.1) is 12.8 Å². The van der Waals surface area contributed by atoms with E-state index in [1.165, 1.54) is 12.8 Å². The molecule has 0 aromatic carbocycles. The van der Waals surface area contributed by atoms with Gasteiger partial charge in [0.15, 0.2) is 0 Å². The molecule has 1 heterocycles. The number of hydrogen-bond donors (Lipinski definition) is 0. The fourth-order valence-corrected chi connectivity index (χ4v) is 1.75. The molecule has 0 spiro atoms. The predicted molar refractivity (Wildman–Crippen MR) is 54.0 cm³/mol. The molecule has 1 fully saturated rings. The number of carbonyl (C=O) groups excluding carboxylic acids is 1. The highest BCUT2D eigenvalue weighted by atomic mass is 16.1. The van der Waals surface area contributed by atoms with Gasteiger partial charge in [0, 0.05) is 25.6 Å². The molecule has 1 aliphatic carbocycles.